The zero-order valence-corrected chi connectivity index (χ0v) is 12.2. The number of halogens is 1. The lowest BCUT2D eigenvalue weighted by Crippen LogP contribution is -2.43. The molecule has 6 nitrogen and oxygen atoms in total. The van der Waals surface area contributed by atoms with Gasteiger partial charge in [-0.3, -0.25) is 4.68 Å². The summed E-state index contributed by atoms with van der Waals surface area (Å²) in [6.07, 6.45) is 5.25. The Labute approximate surface area is 128 Å². The van der Waals surface area contributed by atoms with Crippen molar-refractivity contribution in [3.63, 3.8) is 0 Å². The first-order chi connectivity index (χ1) is 10.7. The number of aromatic nitrogens is 3. The molecule has 0 aliphatic carbocycles. The van der Waals surface area contributed by atoms with Crippen LogP contribution in [0.2, 0.25) is 0 Å². The number of piperidine rings is 1. The van der Waals surface area contributed by atoms with Crippen LogP contribution in [0.25, 0.3) is 0 Å². The number of likely N-dealkylation sites (tertiary alicyclic amines) is 1. The summed E-state index contributed by atoms with van der Waals surface area (Å²) in [5, 5.41) is 6.91. The van der Waals surface area contributed by atoms with Gasteiger partial charge < -0.3 is 10.2 Å². The van der Waals surface area contributed by atoms with Crippen LogP contribution < -0.4 is 5.32 Å². The Balaban J connectivity index is 1.56. The highest BCUT2D eigenvalue weighted by Gasteiger charge is 2.24. The molecule has 0 unspecified atom stereocenters. The standard InChI is InChI=1S/C15H18FN5O/c16-13-3-5-14(6-4-13)19-15(22)20-7-1-2-12(8-20)9-21-11-17-10-18-21/h3-6,10-12H,1-2,7-9H2,(H,19,22)/t12-/m0/s1. The third-order valence-electron chi connectivity index (χ3n) is 3.81. The number of hydrogen-bond acceptors (Lipinski definition) is 3. The molecule has 1 aromatic carbocycles. The predicted octanol–water partition coefficient (Wildman–Crippen LogP) is 2.36. The maximum Gasteiger partial charge on any atom is 0.321 e. The van der Waals surface area contributed by atoms with Crippen LogP contribution in [0, 0.1) is 11.7 Å². The summed E-state index contributed by atoms with van der Waals surface area (Å²) in [6, 6.07) is 5.64. The van der Waals surface area contributed by atoms with Crippen LogP contribution >= 0.6 is 0 Å². The fraction of sp³-hybridized carbons (Fsp3) is 0.400. The summed E-state index contributed by atoms with van der Waals surface area (Å²) in [4.78, 5) is 18.0. The molecule has 1 fully saturated rings. The maximum absolute atomic E-state index is 12.9. The lowest BCUT2D eigenvalue weighted by molar-refractivity contribution is 0.168. The van der Waals surface area contributed by atoms with E-state index in [2.05, 4.69) is 15.4 Å². The number of amides is 2. The van der Waals surface area contributed by atoms with E-state index in [-0.39, 0.29) is 11.8 Å². The van der Waals surface area contributed by atoms with Crippen LogP contribution in [0.5, 0.6) is 0 Å². The van der Waals surface area contributed by atoms with Crippen LogP contribution in [0.1, 0.15) is 12.8 Å². The number of benzene rings is 1. The van der Waals surface area contributed by atoms with E-state index < -0.39 is 0 Å². The monoisotopic (exact) mass is 303 g/mol. The van der Waals surface area contributed by atoms with Gasteiger partial charge in [0, 0.05) is 25.3 Å². The summed E-state index contributed by atoms with van der Waals surface area (Å²) in [5.74, 6) is 0.0540. The zero-order chi connectivity index (χ0) is 15.4. The molecular weight excluding hydrogens is 285 g/mol. The number of anilines is 1. The van der Waals surface area contributed by atoms with E-state index in [1.165, 1.54) is 18.5 Å². The number of urea groups is 1. The summed E-state index contributed by atoms with van der Waals surface area (Å²) >= 11 is 0. The molecule has 1 saturated heterocycles. The molecule has 22 heavy (non-hydrogen) atoms. The molecule has 2 heterocycles. The zero-order valence-electron chi connectivity index (χ0n) is 12.2. The fourth-order valence-electron chi connectivity index (χ4n) is 2.73. The summed E-state index contributed by atoms with van der Waals surface area (Å²) < 4.78 is 14.7. The number of hydrogen-bond donors (Lipinski definition) is 1. The van der Waals surface area contributed by atoms with Gasteiger partial charge in [0.15, 0.2) is 0 Å². The molecule has 1 aliphatic rings. The van der Waals surface area contributed by atoms with E-state index in [4.69, 9.17) is 0 Å². The summed E-state index contributed by atoms with van der Waals surface area (Å²) in [7, 11) is 0. The minimum Gasteiger partial charge on any atom is -0.324 e. The van der Waals surface area contributed by atoms with Crippen molar-refractivity contribution in [3.05, 3.63) is 42.7 Å². The van der Waals surface area contributed by atoms with Crippen molar-refractivity contribution < 1.29 is 9.18 Å². The first kappa shape index (κ1) is 14.5. The quantitative estimate of drug-likeness (QED) is 0.947. The van der Waals surface area contributed by atoms with Gasteiger partial charge in [0.25, 0.3) is 0 Å². The molecule has 1 N–H and O–H groups in total. The first-order valence-electron chi connectivity index (χ1n) is 7.34. The third kappa shape index (κ3) is 3.60. The largest absolute Gasteiger partial charge is 0.324 e. The minimum absolute atomic E-state index is 0.144. The van der Waals surface area contributed by atoms with E-state index >= 15 is 0 Å². The number of nitrogens with one attached hydrogen (secondary N) is 1. The van der Waals surface area contributed by atoms with Gasteiger partial charge in [-0.2, -0.15) is 5.10 Å². The Morgan fingerprint density at radius 2 is 2.18 bits per heavy atom. The Hall–Kier alpha value is -2.44. The second kappa shape index (κ2) is 6.55. The second-order valence-corrected chi connectivity index (χ2v) is 5.51. The number of nitrogens with zero attached hydrogens (tertiary/aromatic N) is 4. The van der Waals surface area contributed by atoms with Crippen molar-refractivity contribution in [1.82, 2.24) is 19.7 Å². The molecule has 0 saturated carbocycles. The molecule has 7 heteroatoms. The van der Waals surface area contributed by atoms with Crippen LogP contribution in [0.4, 0.5) is 14.9 Å². The molecule has 2 amide bonds. The van der Waals surface area contributed by atoms with E-state index in [0.717, 1.165) is 25.9 Å². The average Bonchev–Trinajstić information content (AvgIpc) is 3.03. The van der Waals surface area contributed by atoms with Gasteiger partial charge in [-0.1, -0.05) is 0 Å². The van der Waals surface area contributed by atoms with Gasteiger partial charge in [-0.05, 0) is 43.0 Å². The fourth-order valence-corrected chi connectivity index (χ4v) is 2.73. The highest BCUT2D eigenvalue weighted by molar-refractivity contribution is 5.89. The lowest BCUT2D eigenvalue weighted by atomic mass is 9.98. The van der Waals surface area contributed by atoms with E-state index in [1.54, 1.807) is 28.0 Å². The SMILES string of the molecule is O=C(Nc1ccc(F)cc1)N1CCC[C@H](Cn2cncn2)C1. The van der Waals surface area contributed by atoms with Gasteiger partial charge in [0.1, 0.15) is 18.5 Å². The molecule has 116 valence electrons. The Kier molecular flexibility index (Phi) is 4.32. The van der Waals surface area contributed by atoms with Gasteiger partial charge in [0.2, 0.25) is 0 Å². The molecular formula is C15H18FN5O. The smallest absolute Gasteiger partial charge is 0.321 e. The summed E-state index contributed by atoms with van der Waals surface area (Å²) in [5.41, 5.74) is 0.602. The molecule has 0 radical (unpaired) electrons. The average molecular weight is 303 g/mol. The summed E-state index contributed by atoms with van der Waals surface area (Å²) in [6.45, 7) is 2.19. The van der Waals surface area contributed by atoms with Gasteiger partial charge in [-0.15, -0.1) is 0 Å². The molecule has 1 aliphatic heterocycles. The molecule has 2 aromatic rings. The molecule has 1 aromatic heterocycles. The van der Waals surface area contributed by atoms with Crippen molar-refractivity contribution in [2.24, 2.45) is 5.92 Å². The molecule has 3 rings (SSSR count). The Bertz CT molecular complexity index is 613. The maximum atomic E-state index is 12.9. The number of carbonyl (C=O) groups is 1. The van der Waals surface area contributed by atoms with Gasteiger partial charge in [-0.25, -0.2) is 14.2 Å². The van der Waals surface area contributed by atoms with E-state index in [1.807, 2.05) is 0 Å². The van der Waals surface area contributed by atoms with E-state index in [0.29, 0.717) is 18.2 Å². The van der Waals surface area contributed by atoms with Crippen LogP contribution in [0.3, 0.4) is 0 Å². The third-order valence-corrected chi connectivity index (χ3v) is 3.81. The first-order valence-corrected chi connectivity index (χ1v) is 7.34. The number of rotatable bonds is 3. The van der Waals surface area contributed by atoms with Gasteiger partial charge >= 0.3 is 6.03 Å². The molecule has 0 spiro atoms. The van der Waals surface area contributed by atoms with Crippen LogP contribution in [0.15, 0.2) is 36.9 Å². The Morgan fingerprint density at radius 1 is 1.36 bits per heavy atom. The van der Waals surface area contributed by atoms with Crippen LogP contribution in [-0.2, 0) is 6.54 Å². The van der Waals surface area contributed by atoms with Crippen LogP contribution in [-0.4, -0.2) is 38.8 Å². The topological polar surface area (TPSA) is 63.1 Å². The van der Waals surface area contributed by atoms with Crippen molar-refractivity contribution in [2.75, 3.05) is 18.4 Å². The highest BCUT2D eigenvalue weighted by Crippen LogP contribution is 2.19. The minimum atomic E-state index is -0.316. The second-order valence-electron chi connectivity index (χ2n) is 5.51. The van der Waals surface area contributed by atoms with Crippen molar-refractivity contribution in [3.8, 4) is 0 Å². The normalized spacial score (nSPS) is 18.2. The Morgan fingerprint density at radius 3 is 2.91 bits per heavy atom. The number of carbonyl (C=O) groups excluding carboxylic acids is 1. The molecule has 0 bridgehead atoms. The molecule has 1 atom stereocenters. The lowest BCUT2D eigenvalue weighted by Gasteiger charge is -2.32. The van der Waals surface area contributed by atoms with E-state index in [9.17, 15) is 9.18 Å². The highest BCUT2D eigenvalue weighted by atomic mass is 19.1. The predicted molar refractivity (Wildman–Crippen MR) is 79.7 cm³/mol. The van der Waals surface area contributed by atoms with Crippen molar-refractivity contribution in [1.29, 1.82) is 0 Å². The van der Waals surface area contributed by atoms with Crippen molar-refractivity contribution >= 4 is 11.7 Å². The van der Waals surface area contributed by atoms with Crippen molar-refractivity contribution in [2.45, 2.75) is 19.4 Å². The van der Waals surface area contributed by atoms with Gasteiger partial charge in [0.05, 0.1) is 0 Å².